The lowest BCUT2D eigenvalue weighted by Crippen LogP contribution is -2.10. The van der Waals surface area contributed by atoms with Crippen LogP contribution < -0.4 is 16.2 Å². The third kappa shape index (κ3) is 2.98. The van der Waals surface area contributed by atoms with Gasteiger partial charge in [-0.05, 0) is 30.3 Å². The van der Waals surface area contributed by atoms with E-state index in [1.807, 2.05) is 6.07 Å². The van der Waals surface area contributed by atoms with Gasteiger partial charge < -0.3 is 16.2 Å². The first kappa shape index (κ1) is 11.9. The molecule has 0 fully saturated rings. The van der Waals surface area contributed by atoms with Gasteiger partial charge in [-0.15, -0.1) is 0 Å². The van der Waals surface area contributed by atoms with Gasteiger partial charge in [-0.1, -0.05) is 6.07 Å². The van der Waals surface area contributed by atoms with E-state index in [1.165, 1.54) is 0 Å². The van der Waals surface area contributed by atoms with Gasteiger partial charge in [-0.3, -0.25) is 4.79 Å². The number of anilines is 1. The molecule has 2 rings (SSSR count). The largest absolute Gasteiger partial charge is 0.489 e. The minimum atomic E-state index is -0.454. The molecule has 0 unspecified atom stereocenters. The number of hydrogen-bond acceptors (Lipinski definition) is 4. The number of pyridine rings is 1. The van der Waals surface area contributed by atoms with Crippen molar-refractivity contribution < 1.29 is 9.53 Å². The predicted molar refractivity (Wildman–Crippen MR) is 67.9 cm³/mol. The highest BCUT2D eigenvalue weighted by molar-refractivity contribution is 5.92. The van der Waals surface area contributed by atoms with Gasteiger partial charge in [0.25, 0.3) is 0 Å². The highest BCUT2D eigenvalue weighted by Crippen LogP contribution is 2.14. The van der Waals surface area contributed by atoms with Gasteiger partial charge in [0.2, 0.25) is 5.91 Å². The van der Waals surface area contributed by atoms with Crippen LogP contribution >= 0.6 is 0 Å². The number of benzene rings is 1. The van der Waals surface area contributed by atoms with Crippen molar-refractivity contribution in [2.24, 2.45) is 5.73 Å². The predicted octanol–water partition coefficient (Wildman–Crippen LogP) is 1.34. The number of primary amides is 1. The molecule has 18 heavy (non-hydrogen) atoms. The Hall–Kier alpha value is -2.56. The lowest BCUT2D eigenvalue weighted by Gasteiger charge is -2.06. The van der Waals surface area contributed by atoms with Crippen LogP contribution in [0, 0.1) is 0 Å². The summed E-state index contributed by atoms with van der Waals surface area (Å²) >= 11 is 0. The van der Waals surface area contributed by atoms with Crippen LogP contribution in [0.25, 0.3) is 0 Å². The second kappa shape index (κ2) is 5.18. The Bertz CT molecular complexity index is 535. The Labute approximate surface area is 104 Å². The Morgan fingerprint density at radius 3 is 2.44 bits per heavy atom. The van der Waals surface area contributed by atoms with Crippen molar-refractivity contribution >= 4 is 11.7 Å². The number of carbonyl (C=O) groups is 1. The lowest BCUT2D eigenvalue weighted by atomic mass is 10.2. The van der Waals surface area contributed by atoms with Crippen molar-refractivity contribution in [3.05, 3.63) is 53.7 Å². The molecular weight excluding hydrogens is 230 g/mol. The maximum absolute atomic E-state index is 10.9. The van der Waals surface area contributed by atoms with Gasteiger partial charge >= 0.3 is 0 Å². The Morgan fingerprint density at radius 2 is 1.89 bits per heavy atom. The SMILES string of the molecule is NC(=O)c1ccc(OCc2ccc(N)nc2)cc1. The van der Waals surface area contributed by atoms with Crippen molar-refractivity contribution in [1.82, 2.24) is 4.98 Å². The van der Waals surface area contributed by atoms with Gasteiger partial charge in [0.1, 0.15) is 18.2 Å². The average Bonchev–Trinajstić information content (AvgIpc) is 2.38. The smallest absolute Gasteiger partial charge is 0.248 e. The molecule has 0 saturated carbocycles. The molecular formula is C13H13N3O2. The van der Waals surface area contributed by atoms with Crippen LogP contribution in [0.2, 0.25) is 0 Å². The second-order valence-electron chi connectivity index (χ2n) is 3.77. The van der Waals surface area contributed by atoms with Crippen molar-refractivity contribution in [3.63, 3.8) is 0 Å². The molecule has 0 aliphatic rings. The van der Waals surface area contributed by atoms with E-state index in [4.69, 9.17) is 16.2 Å². The molecule has 5 nitrogen and oxygen atoms in total. The summed E-state index contributed by atoms with van der Waals surface area (Å²) in [5, 5.41) is 0. The zero-order valence-electron chi connectivity index (χ0n) is 9.67. The Morgan fingerprint density at radius 1 is 1.17 bits per heavy atom. The van der Waals surface area contributed by atoms with Crippen molar-refractivity contribution in [1.29, 1.82) is 0 Å². The number of carbonyl (C=O) groups excluding carboxylic acids is 1. The molecule has 0 atom stereocenters. The van der Waals surface area contributed by atoms with Gasteiger partial charge in [0, 0.05) is 17.3 Å². The highest BCUT2D eigenvalue weighted by Gasteiger charge is 2.01. The zero-order chi connectivity index (χ0) is 13.0. The van der Waals surface area contributed by atoms with E-state index in [2.05, 4.69) is 4.98 Å². The number of aromatic nitrogens is 1. The van der Waals surface area contributed by atoms with Gasteiger partial charge in [-0.2, -0.15) is 0 Å². The number of hydrogen-bond donors (Lipinski definition) is 2. The lowest BCUT2D eigenvalue weighted by molar-refractivity contribution is 0.100. The molecule has 2 aromatic rings. The zero-order valence-corrected chi connectivity index (χ0v) is 9.67. The molecule has 0 radical (unpaired) electrons. The van der Waals surface area contributed by atoms with Gasteiger partial charge in [-0.25, -0.2) is 4.98 Å². The molecule has 1 aromatic heterocycles. The summed E-state index contributed by atoms with van der Waals surface area (Å²) in [4.78, 5) is 14.9. The number of nitrogens with two attached hydrogens (primary N) is 2. The van der Waals surface area contributed by atoms with Crippen LogP contribution in [0.5, 0.6) is 5.75 Å². The summed E-state index contributed by atoms with van der Waals surface area (Å²) < 4.78 is 5.53. The second-order valence-corrected chi connectivity index (χ2v) is 3.77. The summed E-state index contributed by atoms with van der Waals surface area (Å²) in [5.41, 5.74) is 12.0. The van der Waals surface area contributed by atoms with E-state index < -0.39 is 5.91 Å². The van der Waals surface area contributed by atoms with Crippen LogP contribution in [0.3, 0.4) is 0 Å². The quantitative estimate of drug-likeness (QED) is 0.847. The number of rotatable bonds is 4. The Kier molecular flexibility index (Phi) is 3.43. The summed E-state index contributed by atoms with van der Waals surface area (Å²) in [6, 6.07) is 10.2. The van der Waals surface area contributed by atoms with E-state index in [-0.39, 0.29) is 0 Å². The van der Waals surface area contributed by atoms with Crippen molar-refractivity contribution in [2.45, 2.75) is 6.61 Å². The van der Waals surface area contributed by atoms with Crippen molar-refractivity contribution in [3.8, 4) is 5.75 Å². The first-order valence-electron chi connectivity index (χ1n) is 5.38. The van der Waals surface area contributed by atoms with Crippen LogP contribution in [-0.4, -0.2) is 10.9 Å². The van der Waals surface area contributed by atoms with Gasteiger partial charge in [0.05, 0.1) is 0 Å². The molecule has 5 heteroatoms. The fourth-order valence-corrected chi connectivity index (χ4v) is 1.40. The minimum Gasteiger partial charge on any atom is -0.489 e. The third-order valence-electron chi connectivity index (χ3n) is 2.39. The molecule has 0 spiro atoms. The number of nitrogen functional groups attached to an aromatic ring is 1. The number of amides is 1. The van der Waals surface area contributed by atoms with Crippen LogP contribution in [-0.2, 0) is 6.61 Å². The fraction of sp³-hybridized carbons (Fsp3) is 0.0769. The van der Waals surface area contributed by atoms with Crippen molar-refractivity contribution in [2.75, 3.05) is 5.73 Å². The molecule has 0 saturated heterocycles. The van der Waals surface area contributed by atoms with Crippen LogP contribution in [0.15, 0.2) is 42.6 Å². The van der Waals surface area contributed by atoms with E-state index >= 15 is 0 Å². The summed E-state index contributed by atoms with van der Waals surface area (Å²) in [6.07, 6.45) is 1.66. The first-order valence-corrected chi connectivity index (χ1v) is 5.38. The van der Waals surface area contributed by atoms with E-state index in [0.29, 0.717) is 23.7 Å². The first-order chi connectivity index (χ1) is 8.65. The molecule has 0 bridgehead atoms. The molecule has 92 valence electrons. The minimum absolute atomic E-state index is 0.392. The molecule has 0 aliphatic carbocycles. The van der Waals surface area contributed by atoms with Crippen LogP contribution in [0.1, 0.15) is 15.9 Å². The summed E-state index contributed by atoms with van der Waals surface area (Å²) in [6.45, 7) is 0.392. The monoisotopic (exact) mass is 243 g/mol. The van der Waals surface area contributed by atoms with Gasteiger partial charge in [0.15, 0.2) is 0 Å². The molecule has 4 N–H and O–H groups in total. The maximum atomic E-state index is 10.9. The highest BCUT2D eigenvalue weighted by atomic mass is 16.5. The Balaban J connectivity index is 1.97. The van der Waals surface area contributed by atoms with E-state index in [9.17, 15) is 4.79 Å². The number of nitrogens with zero attached hydrogens (tertiary/aromatic N) is 1. The summed E-state index contributed by atoms with van der Waals surface area (Å²) in [5.74, 6) is 0.686. The maximum Gasteiger partial charge on any atom is 0.248 e. The molecule has 0 aliphatic heterocycles. The number of ether oxygens (including phenoxy) is 1. The third-order valence-corrected chi connectivity index (χ3v) is 2.39. The summed E-state index contributed by atoms with van der Waals surface area (Å²) in [7, 11) is 0. The normalized spacial score (nSPS) is 10.0. The fourth-order valence-electron chi connectivity index (χ4n) is 1.40. The molecule has 1 aromatic carbocycles. The standard InChI is InChI=1S/C13H13N3O2/c14-12-6-1-9(7-16-12)8-18-11-4-2-10(3-5-11)13(15)17/h1-7H,8H2,(H2,14,16)(H2,15,17). The van der Waals surface area contributed by atoms with E-state index in [0.717, 1.165) is 5.56 Å². The molecule has 1 heterocycles. The van der Waals surface area contributed by atoms with E-state index in [1.54, 1.807) is 36.5 Å². The topological polar surface area (TPSA) is 91.2 Å². The van der Waals surface area contributed by atoms with Crippen LogP contribution in [0.4, 0.5) is 5.82 Å². The molecule has 1 amide bonds. The average molecular weight is 243 g/mol.